The molecule has 0 aliphatic heterocycles. The highest BCUT2D eigenvalue weighted by atomic mass is 31.2. The van der Waals surface area contributed by atoms with Crippen LogP contribution in [0.3, 0.4) is 0 Å². The summed E-state index contributed by atoms with van der Waals surface area (Å²) >= 11 is 0. The Balaban J connectivity index is 1.81. The van der Waals surface area contributed by atoms with Crippen LogP contribution in [0, 0.1) is 0 Å². The first-order valence-electron chi connectivity index (χ1n) is 11.1. The summed E-state index contributed by atoms with van der Waals surface area (Å²) in [5, 5.41) is 12.3. The SMILES string of the molecule is C[P+](c1cccc2ccccc12)(c1cccc2ccccc12)c1cccc2ccccc12. The Bertz CT molecular complexity index is 1390. The minimum atomic E-state index is -1.96. The molecule has 1 heteroatoms. The fourth-order valence-electron chi connectivity index (χ4n) is 5.18. The summed E-state index contributed by atoms with van der Waals surface area (Å²) in [7, 11) is -1.96. The summed E-state index contributed by atoms with van der Waals surface area (Å²) in [6, 6.07) is 46.9. The highest BCUT2D eigenvalue weighted by molar-refractivity contribution is 7.96. The van der Waals surface area contributed by atoms with E-state index >= 15 is 0 Å². The fraction of sp³-hybridized carbons (Fsp3) is 0.0323. The highest BCUT2D eigenvalue weighted by Crippen LogP contribution is 2.55. The molecule has 32 heavy (non-hydrogen) atoms. The molecule has 0 N–H and O–H groups in total. The van der Waals surface area contributed by atoms with Gasteiger partial charge in [0, 0.05) is 16.2 Å². The van der Waals surface area contributed by atoms with Crippen molar-refractivity contribution in [1.29, 1.82) is 0 Å². The predicted molar refractivity (Wildman–Crippen MR) is 144 cm³/mol. The van der Waals surface area contributed by atoms with Gasteiger partial charge < -0.3 is 0 Å². The lowest BCUT2D eigenvalue weighted by molar-refractivity contribution is 1.75. The molecular weight excluding hydrogens is 403 g/mol. The molecule has 6 rings (SSSR count). The largest absolute Gasteiger partial charge is 0.112 e. The lowest BCUT2D eigenvalue weighted by Crippen LogP contribution is -2.31. The maximum Gasteiger partial charge on any atom is 0.112 e. The van der Waals surface area contributed by atoms with E-state index in [4.69, 9.17) is 0 Å². The third-order valence-electron chi connectivity index (χ3n) is 6.75. The van der Waals surface area contributed by atoms with Crippen LogP contribution in [-0.4, -0.2) is 6.66 Å². The summed E-state index contributed by atoms with van der Waals surface area (Å²) in [5.74, 6) is 0. The Morgan fingerprint density at radius 2 is 0.625 bits per heavy atom. The van der Waals surface area contributed by atoms with Crippen LogP contribution >= 0.6 is 7.26 Å². The molecule has 0 fully saturated rings. The van der Waals surface area contributed by atoms with Crippen molar-refractivity contribution in [3.8, 4) is 0 Å². The van der Waals surface area contributed by atoms with Crippen molar-refractivity contribution in [3.05, 3.63) is 127 Å². The Labute approximate surface area is 189 Å². The molecule has 0 radical (unpaired) electrons. The van der Waals surface area contributed by atoms with Gasteiger partial charge in [0.1, 0.15) is 23.2 Å². The second-order valence-electron chi connectivity index (χ2n) is 8.50. The molecule has 0 saturated carbocycles. The summed E-state index contributed by atoms with van der Waals surface area (Å²) in [6.07, 6.45) is 0. The van der Waals surface area contributed by atoms with Gasteiger partial charge in [0.15, 0.2) is 0 Å². The molecule has 0 amide bonds. The van der Waals surface area contributed by atoms with E-state index in [2.05, 4.69) is 134 Å². The molecule has 0 aliphatic rings. The number of hydrogen-bond donors (Lipinski definition) is 0. The van der Waals surface area contributed by atoms with Crippen LogP contribution in [0.25, 0.3) is 32.3 Å². The minimum absolute atomic E-state index is 1.30. The highest BCUT2D eigenvalue weighted by Gasteiger charge is 2.43. The Morgan fingerprint density at radius 1 is 0.344 bits per heavy atom. The molecule has 6 aromatic rings. The third kappa shape index (κ3) is 2.88. The van der Waals surface area contributed by atoms with E-state index in [0.717, 1.165) is 0 Å². The van der Waals surface area contributed by atoms with Crippen molar-refractivity contribution in [3.63, 3.8) is 0 Å². The molecule has 0 heterocycles. The van der Waals surface area contributed by atoms with E-state index in [0.29, 0.717) is 0 Å². The summed E-state index contributed by atoms with van der Waals surface area (Å²) < 4.78 is 0. The van der Waals surface area contributed by atoms with Crippen molar-refractivity contribution in [2.45, 2.75) is 0 Å². The Kier molecular flexibility index (Phi) is 4.56. The quantitative estimate of drug-likeness (QED) is 0.265. The number of fused-ring (bicyclic) bond motifs is 3. The zero-order valence-corrected chi connectivity index (χ0v) is 19.0. The van der Waals surface area contributed by atoms with E-state index in [1.807, 2.05) is 0 Å². The average molecular weight is 428 g/mol. The maximum absolute atomic E-state index is 2.51. The smallest absolute Gasteiger partial charge is 0.0616 e. The standard InChI is InChI=1S/C31H24P/c1-32(29-20-8-14-23-11-2-5-17-26(23)29,30-21-9-15-24-12-3-6-18-27(24)30)31-22-10-16-25-13-4-7-19-28(25)31/h2-22H,1H3/q+1. The van der Waals surface area contributed by atoms with Gasteiger partial charge in [-0.3, -0.25) is 0 Å². The lowest BCUT2D eigenvalue weighted by Gasteiger charge is -2.27. The van der Waals surface area contributed by atoms with Gasteiger partial charge in [0.25, 0.3) is 0 Å². The molecule has 0 nitrogen and oxygen atoms in total. The van der Waals surface area contributed by atoms with Crippen molar-refractivity contribution in [1.82, 2.24) is 0 Å². The van der Waals surface area contributed by atoms with Crippen molar-refractivity contribution in [2.75, 3.05) is 6.66 Å². The second kappa shape index (κ2) is 7.59. The Hall–Kier alpha value is -3.47. The average Bonchev–Trinajstić information content (AvgIpc) is 2.87. The minimum Gasteiger partial charge on any atom is -0.0616 e. The van der Waals surface area contributed by atoms with E-state index < -0.39 is 7.26 Å². The van der Waals surface area contributed by atoms with Crippen LogP contribution in [0.4, 0.5) is 0 Å². The predicted octanol–water partition coefficient (Wildman–Crippen LogP) is 7.07. The molecule has 6 aromatic carbocycles. The summed E-state index contributed by atoms with van der Waals surface area (Å²) in [5.41, 5.74) is 0. The van der Waals surface area contributed by atoms with Gasteiger partial charge >= 0.3 is 0 Å². The molecule has 0 aliphatic carbocycles. The lowest BCUT2D eigenvalue weighted by atomic mass is 10.1. The molecule has 0 aromatic heterocycles. The number of benzene rings is 6. The van der Waals surface area contributed by atoms with Crippen LogP contribution in [0.1, 0.15) is 0 Å². The van der Waals surface area contributed by atoms with Gasteiger partial charge in [-0.25, -0.2) is 0 Å². The molecule has 0 saturated heterocycles. The van der Waals surface area contributed by atoms with Crippen molar-refractivity contribution in [2.24, 2.45) is 0 Å². The van der Waals surface area contributed by atoms with Crippen LogP contribution in [0.15, 0.2) is 127 Å². The van der Waals surface area contributed by atoms with Gasteiger partial charge in [-0.05, 0) is 34.4 Å². The number of rotatable bonds is 3. The van der Waals surface area contributed by atoms with Crippen molar-refractivity contribution >= 4 is 55.5 Å². The van der Waals surface area contributed by atoms with Gasteiger partial charge in [-0.1, -0.05) is 109 Å². The Morgan fingerprint density at radius 3 is 0.969 bits per heavy atom. The second-order valence-corrected chi connectivity index (χ2v) is 12.0. The van der Waals surface area contributed by atoms with Crippen LogP contribution in [-0.2, 0) is 0 Å². The molecule has 0 spiro atoms. The molecule has 0 unspecified atom stereocenters. The van der Waals surface area contributed by atoms with Crippen LogP contribution < -0.4 is 15.9 Å². The normalized spacial score (nSPS) is 11.9. The van der Waals surface area contributed by atoms with Gasteiger partial charge in [0.05, 0.1) is 6.66 Å². The fourth-order valence-corrected chi connectivity index (χ4v) is 9.17. The van der Waals surface area contributed by atoms with Gasteiger partial charge in [0.2, 0.25) is 0 Å². The topological polar surface area (TPSA) is 0 Å². The van der Waals surface area contributed by atoms with E-state index in [9.17, 15) is 0 Å². The summed E-state index contributed by atoms with van der Waals surface area (Å²) in [6.45, 7) is 2.51. The van der Waals surface area contributed by atoms with Crippen LogP contribution in [0.2, 0.25) is 0 Å². The summed E-state index contributed by atoms with van der Waals surface area (Å²) in [4.78, 5) is 0. The van der Waals surface area contributed by atoms with Gasteiger partial charge in [-0.2, -0.15) is 0 Å². The third-order valence-corrected chi connectivity index (χ3v) is 10.8. The zero-order chi connectivity index (χ0) is 21.5. The molecule has 0 atom stereocenters. The van der Waals surface area contributed by atoms with Gasteiger partial charge in [-0.15, -0.1) is 0 Å². The first-order chi connectivity index (χ1) is 15.8. The van der Waals surface area contributed by atoms with E-state index in [1.54, 1.807) is 0 Å². The van der Waals surface area contributed by atoms with Crippen LogP contribution in [0.5, 0.6) is 0 Å². The molecule has 0 bridgehead atoms. The first-order valence-corrected chi connectivity index (χ1v) is 13.3. The molecular formula is C31H24P+. The zero-order valence-electron chi connectivity index (χ0n) is 18.1. The van der Waals surface area contributed by atoms with Crippen molar-refractivity contribution < 1.29 is 0 Å². The first kappa shape index (κ1) is 19.2. The molecule has 152 valence electrons. The number of hydrogen-bond acceptors (Lipinski definition) is 0. The van der Waals surface area contributed by atoms with E-state index in [-0.39, 0.29) is 0 Å². The maximum atomic E-state index is 2.51. The monoisotopic (exact) mass is 427 g/mol. The van der Waals surface area contributed by atoms with E-state index in [1.165, 1.54) is 48.2 Å².